The van der Waals surface area contributed by atoms with Crippen LogP contribution >= 0.6 is 0 Å². The molecule has 1 aromatic carbocycles. The van der Waals surface area contributed by atoms with E-state index in [-0.39, 0.29) is 0 Å². The van der Waals surface area contributed by atoms with Crippen LogP contribution in [0.5, 0.6) is 0 Å². The molecular weight excluding hydrogens is 200 g/mol. The first-order valence-corrected chi connectivity index (χ1v) is 5.70. The van der Waals surface area contributed by atoms with E-state index in [4.69, 9.17) is 10.00 Å². The van der Waals surface area contributed by atoms with E-state index in [1.165, 1.54) is 0 Å². The SMILES string of the molecule is N#Cc1ccccc1CN1C[C@@H]2C[C@H]1CO2. The molecule has 0 aliphatic carbocycles. The van der Waals surface area contributed by atoms with E-state index in [9.17, 15) is 0 Å². The van der Waals surface area contributed by atoms with Crippen molar-refractivity contribution in [1.29, 1.82) is 5.26 Å². The molecule has 0 N–H and O–H groups in total. The molecule has 3 nitrogen and oxygen atoms in total. The largest absolute Gasteiger partial charge is 0.375 e. The summed E-state index contributed by atoms with van der Waals surface area (Å²) in [6, 6.07) is 10.7. The fraction of sp³-hybridized carbons (Fsp3) is 0.462. The second-order valence-electron chi connectivity index (χ2n) is 4.54. The Bertz CT molecular complexity index is 438. The average Bonchev–Trinajstić information content (AvgIpc) is 2.92. The van der Waals surface area contributed by atoms with Crippen molar-refractivity contribution in [2.24, 2.45) is 0 Å². The minimum Gasteiger partial charge on any atom is -0.375 e. The molecule has 2 aliphatic rings. The molecule has 2 heterocycles. The zero-order valence-electron chi connectivity index (χ0n) is 9.10. The summed E-state index contributed by atoms with van der Waals surface area (Å²) < 4.78 is 5.57. The Morgan fingerprint density at radius 3 is 3.00 bits per heavy atom. The van der Waals surface area contributed by atoms with Gasteiger partial charge in [-0.1, -0.05) is 18.2 Å². The number of rotatable bonds is 2. The van der Waals surface area contributed by atoms with Gasteiger partial charge in [-0.25, -0.2) is 0 Å². The molecule has 2 saturated heterocycles. The number of nitrogens with zero attached hydrogens (tertiary/aromatic N) is 2. The number of hydrogen-bond acceptors (Lipinski definition) is 3. The lowest BCUT2D eigenvalue weighted by molar-refractivity contribution is 0.0273. The van der Waals surface area contributed by atoms with Crippen molar-refractivity contribution in [2.45, 2.75) is 25.1 Å². The fourth-order valence-corrected chi connectivity index (χ4v) is 2.66. The van der Waals surface area contributed by atoms with Gasteiger partial charge >= 0.3 is 0 Å². The summed E-state index contributed by atoms with van der Waals surface area (Å²) in [5.41, 5.74) is 1.93. The van der Waals surface area contributed by atoms with Crippen LogP contribution in [0.25, 0.3) is 0 Å². The van der Waals surface area contributed by atoms with Gasteiger partial charge in [0, 0.05) is 19.1 Å². The van der Waals surface area contributed by atoms with Gasteiger partial charge in [0.2, 0.25) is 0 Å². The van der Waals surface area contributed by atoms with Crippen LogP contribution in [0, 0.1) is 11.3 Å². The first kappa shape index (κ1) is 9.83. The highest BCUT2D eigenvalue weighted by Crippen LogP contribution is 2.29. The Balaban J connectivity index is 1.77. The van der Waals surface area contributed by atoms with E-state index in [1.54, 1.807) is 0 Å². The minimum atomic E-state index is 0.430. The quantitative estimate of drug-likeness (QED) is 0.749. The lowest BCUT2D eigenvalue weighted by Gasteiger charge is -2.26. The first-order chi connectivity index (χ1) is 7.86. The van der Waals surface area contributed by atoms with Crippen molar-refractivity contribution in [3.63, 3.8) is 0 Å². The molecule has 3 heteroatoms. The lowest BCUT2D eigenvalue weighted by atomic mass is 10.1. The third-order valence-corrected chi connectivity index (χ3v) is 3.53. The minimum absolute atomic E-state index is 0.430. The van der Waals surface area contributed by atoms with Gasteiger partial charge in [-0.2, -0.15) is 5.26 Å². The topological polar surface area (TPSA) is 36.3 Å². The molecule has 0 spiro atoms. The molecule has 3 rings (SSSR count). The summed E-state index contributed by atoms with van der Waals surface area (Å²) in [5.74, 6) is 0. The number of likely N-dealkylation sites (tertiary alicyclic amines) is 1. The van der Waals surface area contributed by atoms with Gasteiger partial charge in [-0.05, 0) is 18.1 Å². The normalized spacial score (nSPS) is 28.2. The summed E-state index contributed by atoms with van der Waals surface area (Å²) in [6.45, 7) is 2.76. The van der Waals surface area contributed by atoms with Gasteiger partial charge in [0.1, 0.15) is 0 Å². The third kappa shape index (κ3) is 1.60. The smallest absolute Gasteiger partial charge is 0.0995 e. The van der Waals surface area contributed by atoms with Crippen molar-refractivity contribution < 1.29 is 4.74 Å². The molecule has 2 atom stereocenters. The maximum Gasteiger partial charge on any atom is 0.0995 e. The summed E-state index contributed by atoms with van der Waals surface area (Å²) in [5, 5.41) is 9.03. The van der Waals surface area contributed by atoms with Crippen LogP contribution in [0.2, 0.25) is 0 Å². The number of fused-ring (bicyclic) bond motifs is 2. The molecule has 0 saturated carbocycles. The molecule has 82 valence electrons. The summed E-state index contributed by atoms with van der Waals surface area (Å²) >= 11 is 0. The monoisotopic (exact) mass is 214 g/mol. The Morgan fingerprint density at radius 2 is 2.31 bits per heavy atom. The van der Waals surface area contributed by atoms with Gasteiger partial charge in [0.25, 0.3) is 0 Å². The molecule has 2 fully saturated rings. The van der Waals surface area contributed by atoms with Crippen LogP contribution in [0.3, 0.4) is 0 Å². The lowest BCUT2D eigenvalue weighted by Crippen LogP contribution is -2.36. The zero-order chi connectivity index (χ0) is 11.0. The second kappa shape index (κ2) is 3.89. The summed E-state index contributed by atoms with van der Waals surface area (Å²) in [6.07, 6.45) is 1.59. The molecule has 0 radical (unpaired) electrons. The van der Waals surface area contributed by atoms with E-state index in [0.717, 1.165) is 37.2 Å². The van der Waals surface area contributed by atoms with Crippen molar-refractivity contribution in [1.82, 2.24) is 4.90 Å². The molecule has 0 aromatic heterocycles. The third-order valence-electron chi connectivity index (χ3n) is 3.53. The second-order valence-corrected chi connectivity index (χ2v) is 4.54. The van der Waals surface area contributed by atoms with Crippen LogP contribution in [0.1, 0.15) is 17.5 Å². The van der Waals surface area contributed by atoms with Crippen molar-refractivity contribution in [3.05, 3.63) is 35.4 Å². The van der Waals surface area contributed by atoms with E-state index >= 15 is 0 Å². The van der Waals surface area contributed by atoms with Crippen LogP contribution in [0.15, 0.2) is 24.3 Å². The van der Waals surface area contributed by atoms with Crippen LogP contribution in [-0.2, 0) is 11.3 Å². The maximum absolute atomic E-state index is 9.03. The van der Waals surface area contributed by atoms with Crippen molar-refractivity contribution >= 4 is 0 Å². The number of benzene rings is 1. The standard InChI is InChI=1S/C13H14N2O/c14-6-10-3-1-2-4-11(10)7-15-8-13-5-12(15)9-16-13/h1-4,12-13H,5,7-9H2/t12-,13-/m0/s1. The van der Waals surface area contributed by atoms with Gasteiger partial charge in [0.05, 0.1) is 24.3 Å². The highest BCUT2D eigenvalue weighted by Gasteiger charge is 2.38. The Labute approximate surface area is 95.2 Å². The molecule has 2 aliphatic heterocycles. The molecule has 0 amide bonds. The summed E-state index contributed by atoms with van der Waals surface area (Å²) in [7, 11) is 0. The Morgan fingerprint density at radius 1 is 1.44 bits per heavy atom. The fourth-order valence-electron chi connectivity index (χ4n) is 2.66. The Kier molecular flexibility index (Phi) is 2.39. The van der Waals surface area contributed by atoms with E-state index in [1.807, 2.05) is 24.3 Å². The predicted molar refractivity (Wildman–Crippen MR) is 59.7 cm³/mol. The number of nitriles is 1. The first-order valence-electron chi connectivity index (χ1n) is 5.70. The van der Waals surface area contributed by atoms with Gasteiger partial charge in [0.15, 0.2) is 0 Å². The van der Waals surface area contributed by atoms with Crippen LogP contribution < -0.4 is 0 Å². The predicted octanol–water partition coefficient (Wildman–Crippen LogP) is 1.53. The molecular formula is C13H14N2O. The molecule has 2 bridgehead atoms. The highest BCUT2D eigenvalue weighted by atomic mass is 16.5. The zero-order valence-corrected chi connectivity index (χ0v) is 9.10. The number of morpholine rings is 1. The number of hydrogen-bond donors (Lipinski definition) is 0. The van der Waals surface area contributed by atoms with E-state index < -0.39 is 0 Å². The van der Waals surface area contributed by atoms with Crippen LogP contribution in [0.4, 0.5) is 0 Å². The van der Waals surface area contributed by atoms with E-state index in [2.05, 4.69) is 11.0 Å². The number of ether oxygens (including phenoxy) is 1. The highest BCUT2D eigenvalue weighted by molar-refractivity contribution is 5.37. The summed E-state index contributed by atoms with van der Waals surface area (Å²) in [4.78, 5) is 2.43. The van der Waals surface area contributed by atoms with Gasteiger partial charge < -0.3 is 4.74 Å². The van der Waals surface area contributed by atoms with Gasteiger partial charge in [-0.15, -0.1) is 0 Å². The molecule has 1 aromatic rings. The Hall–Kier alpha value is -1.37. The van der Waals surface area contributed by atoms with Crippen LogP contribution in [-0.4, -0.2) is 30.2 Å². The van der Waals surface area contributed by atoms with E-state index in [0.29, 0.717) is 12.1 Å². The maximum atomic E-state index is 9.03. The average molecular weight is 214 g/mol. The van der Waals surface area contributed by atoms with Crippen molar-refractivity contribution in [2.75, 3.05) is 13.2 Å². The molecule has 16 heavy (non-hydrogen) atoms. The van der Waals surface area contributed by atoms with Crippen molar-refractivity contribution in [3.8, 4) is 6.07 Å². The molecule has 0 unspecified atom stereocenters. The van der Waals surface area contributed by atoms with Gasteiger partial charge in [-0.3, -0.25) is 4.90 Å².